The predicted molar refractivity (Wildman–Crippen MR) is 72.5 cm³/mol. The van der Waals surface area contributed by atoms with Gasteiger partial charge < -0.3 is 10.6 Å². The van der Waals surface area contributed by atoms with Crippen molar-refractivity contribution < 1.29 is 9.18 Å². The lowest BCUT2D eigenvalue weighted by Crippen LogP contribution is -2.37. The Morgan fingerprint density at radius 3 is 2.76 bits per heavy atom. The van der Waals surface area contributed by atoms with Crippen molar-refractivity contribution in [3.8, 4) is 0 Å². The summed E-state index contributed by atoms with van der Waals surface area (Å²) in [5.41, 5.74) is 5.67. The number of amides is 1. The number of likely N-dealkylation sites (N-methyl/N-ethyl adjacent to an activating group) is 1. The molecular weight excluding hydrogens is 307 g/mol. The summed E-state index contributed by atoms with van der Waals surface area (Å²) in [5, 5.41) is 0. The third kappa shape index (κ3) is 3.47. The van der Waals surface area contributed by atoms with Gasteiger partial charge in [0.25, 0.3) is 5.91 Å². The van der Waals surface area contributed by atoms with Gasteiger partial charge in [0.05, 0.1) is 21.6 Å². The smallest absolute Gasteiger partial charge is 0.255 e. The van der Waals surface area contributed by atoms with Crippen LogP contribution in [0.4, 0.5) is 4.39 Å². The Labute approximate surface area is 113 Å². The Hall–Kier alpha value is -1.01. The van der Waals surface area contributed by atoms with Crippen LogP contribution in [0.15, 0.2) is 22.7 Å². The van der Waals surface area contributed by atoms with E-state index in [1.54, 1.807) is 6.07 Å². The Bertz CT molecular complexity index is 453. The van der Waals surface area contributed by atoms with Gasteiger partial charge in [0, 0.05) is 6.54 Å². The first-order valence-electron chi connectivity index (χ1n) is 4.99. The van der Waals surface area contributed by atoms with Gasteiger partial charge in [-0.1, -0.05) is 18.3 Å². The summed E-state index contributed by atoms with van der Waals surface area (Å²) in [4.78, 5) is 13.8. The van der Waals surface area contributed by atoms with Crippen molar-refractivity contribution in [1.82, 2.24) is 4.90 Å². The molecule has 2 N–H and O–H groups in total. The van der Waals surface area contributed by atoms with E-state index in [0.29, 0.717) is 6.54 Å². The van der Waals surface area contributed by atoms with Crippen LogP contribution in [-0.4, -0.2) is 28.9 Å². The average Bonchev–Trinajstić information content (AvgIpc) is 2.28. The van der Waals surface area contributed by atoms with Crippen LogP contribution in [0.5, 0.6) is 0 Å². The molecule has 0 atom stereocenters. The molecule has 3 nitrogen and oxygen atoms in total. The predicted octanol–water partition coefficient (Wildman–Crippen LogP) is 2.34. The largest absolute Gasteiger partial charge is 0.392 e. The molecule has 0 fully saturated rings. The summed E-state index contributed by atoms with van der Waals surface area (Å²) in [7, 11) is 0. The van der Waals surface area contributed by atoms with Crippen molar-refractivity contribution >= 4 is 39.0 Å². The number of hydrogen-bond donors (Lipinski definition) is 1. The van der Waals surface area contributed by atoms with E-state index in [0.717, 1.165) is 0 Å². The summed E-state index contributed by atoms with van der Waals surface area (Å²) in [6.07, 6.45) is 0. The van der Waals surface area contributed by atoms with E-state index in [1.807, 2.05) is 6.92 Å². The molecule has 0 aliphatic rings. The summed E-state index contributed by atoms with van der Waals surface area (Å²) in [6, 6.07) is 4.32. The molecule has 1 amide bonds. The molecular formula is C11H12BrFN2OS. The van der Waals surface area contributed by atoms with Crippen molar-refractivity contribution in [2.45, 2.75) is 6.92 Å². The van der Waals surface area contributed by atoms with Gasteiger partial charge in [0.2, 0.25) is 0 Å². The lowest BCUT2D eigenvalue weighted by molar-refractivity contribution is 0.0786. The molecule has 1 rings (SSSR count). The Kier molecular flexibility index (Phi) is 5.02. The van der Waals surface area contributed by atoms with E-state index < -0.39 is 5.82 Å². The van der Waals surface area contributed by atoms with Gasteiger partial charge in [-0.2, -0.15) is 0 Å². The van der Waals surface area contributed by atoms with Crippen molar-refractivity contribution in [1.29, 1.82) is 0 Å². The van der Waals surface area contributed by atoms with Crippen LogP contribution in [0.1, 0.15) is 17.3 Å². The van der Waals surface area contributed by atoms with Crippen LogP contribution >= 0.6 is 28.1 Å². The molecule has 0 aliphatic heterocycles. The van der Waals surface area contributed by atoms with Crippen LogP contribution < -0.4 is 5.73 Å². The van der Waals surface area contributed by atoms with Crippen LogP contribution in [0.25, 0.3) is 0 Å². The van der Waals surface area contributed by atoms with Gasteiger partial charge in [0.1, 0.15) is 5.82 Å². The number of nitrogens with two attached hydrogens (primary N) is 1. The normalized spacial score (nSPS) is 10.1. The molecule has 0 radical (unpaired) electrons. The van der Waals surface area contributed by atoms with Gasteiger partial charge >= 0.3 is 0 Å². The van der Waals surface area contributed by atoms with Crippen LogP contribution in [0.2, 0.25) is 0 Å². The number of carbonyl (C=O) groups is 1. The highest BCUT2D eigenvalue weighted by Gasteiger charge is 2.18. The number of nitrogens with zero attached hydrogens (tertiary/aromatic N) is 1. The molecule has 0 aromatic heterocycles. The van der Waals surface area contributed by atoms with Gasteiger partial charge in [-0.05, 0) is 35.0 Å². The highest BCUT2D eigenvalue weighted by molar-refractivity contribution is 9.10. The number of halogens is 2. The molecule has 0 unspecified atom stereocenters. The quantitative estimate of drug-likeness (QED) is 0.867. The van der Waals surface area contributed by atoms with Crippen molar-refractivity contribution in [2.24, 2.45) is 5.73 Å². The molecule has 17 heavy (non-hydrogen) atoms. The Balaban J connectivity index is 3.02. The maximum atomic E-state index is 13.3. The summed E-state index contributed by atoms with van der Waals surface area (Å²) >= 11 is 7.82. The lowest BCUT2D eigenvalue weighted by atomic mass is 10.2. The first-order valence-corrected chi connectivity index (χ1v) is 6.19. The Morgan fingerprint density at radius 2 is 2.24 bits per heavy atom. The minimum absolute atomic E-state index is 0.159. The maximum absolute atomic E-state index is 13.3. The molecule has 0 heterocycles. The second-order valence-corrected chi connectivity index (χ2v) is 4.70. The second kappa shape index (κ2) is 6.07. The molecule has 0 aliphatic carbocycles. The second-order valence-electron chi connectivity index (χ2n) is 3.39. The van der Waals surface area contributed by atoms with Gasteiger partial charge in [0.15, 0.2) is 0 Å². The average molecular weight is 319 g/mol. The zero-order valence-corrected chi connectivity index (χ0v) is 11.6. The van der Waals surface area contributed by atoms with Gasteiger partial charge in [-0.15, -0.1) is 0 Å². The molecule has 6 heteroatoms. The molecule has 92 valence electrons. The maximum Gasteiger partial charge on any atom is 0.255 e. The van der Waals surface area contributed by atoms with E-state index >= 15 is 0 Å². The Morgan fingerprint density at radius 1 is 1.59 bits per heavy atom. The zero-order chi connectivity index (χ0) is 13.0. The standard InChI is InChI=1S/C11H12BrFN2OS/c1-2-15(6-9(14)17)11(16)7-4-3-5-8(13)10(7)12/h3-5H,2,6H2,1H3,(H2,14,17). The fraction of sp³-hybridized carbons (Fsp3) is 0.273. The minimum Gasteiger partial charge on any atom is -0.392 e. The van der Waals surface area contributed by atoms with E-state index in [9.17, 15) is 9.18 Å². The highest BCUT2D eigenvalue weighted by Crippen LogP contribution is 2.21. The summed E-state index contributed by atoms with van der Waals surface area (Å²) in [5.74, 6) is -0.770. The number of benzene rings is 1. The fourth-order valence-electron chi connectivity index (χ4n) is 1.35. The highest BCUT2D eigenvalue weighted by atomic mass is 79.9. The van der Waals surface area contributed by atoms with E-state index in [2.05, 4.69) is 15.9 Å². The molecule has 1 aromatic carbocycles. The van der Waals surface area contributed by atoms with Crippen molar-refractivity contribution in [2.75, 3.05) is 13.1 Å². The number of thiocarbonyl (C=S) groups is 1. The monoisotopic (exact) mass is 318 g/mol. The third-order valence-corrected chi connectivity index (χ3v) is 3.13. The zero-order valence-electron chi connectivity index (χ0n) is 9.24. The summed E-state index contributed by atoms with van der Waals surface area (Å²) in [6.45, 7) is 2.45. The van der Waals surface area contributed by atoms with Gasteiger partial charge in [-0.25, -0.2) is 4.39 Å². The molecule has 0 saturated heterocycles. The van der Waals surface area contributed by atoms with E-state index in [-0.39, 0.29) is 27.5 Å². The number of rotatable bonds is 4. The van der Waals surface area contributed by atoms with E-state index in [4.69, 9.17) is 18.0 Å². The van der Waals surface area contributed by atoms with Crippen molar-refractivity contribution in [3.05, 3.63) is 34.1 Å². The van der Waals surface area contributed by atoms with Gasteiger partial charge in [-0.3, -0.25) is 4.79 Å². The third-order valence-electron chi connectivity index (χ3n) is 2.20. The minimum atomic E-state index is -0.470. The molecule has 0 saturated carbocycles. The summed E-state index contributed by atoms with van der Waals surface area (Å²) < 4.78 is 13.5. The first-order chi connectivity index (χ1) is 7.97. The van der Waals surface area contributed by atoms with Crippen LogP contribution in [0, 0.1) is 5.82 Å². The molecule has 0 bridgehead atoms. The van der Waals surface area contributed by atoms with E-state index in [1.165, 1.54) is 17.0 Å². The molecule has 1 aromatic rings. The topological polar surface area (TPSA) is 46.3 Å². The SMILES string of the molecule is CCN(CC(N)=S)C(=O)c1cccc(F)c1Br. The van der Waals surface area contributed by atoms with Crippen molar-refractivity contribution in [3.63, 3.8) is 0 Å². The molecule has 0 spiro atoms. The number of carbonyl (C=O) groups excluding carboxylic acids is 1. The number of hydrogen-bond acceptors (Lipinski definition) is 2. The van der Waals surface area contributed by atoms with Crippen LogP contribution in [0.3, 0.4) is 0 Å². The fourth-order valence-corrected chi connectivity index (χ4v) is 1.94. The van der Waals surface area contributed by atoms with Crippen LogP contribution in [-0.2, 0) is 0 Å². The first kappa shape index (κ1) is 14.1. The lowest BCUT2D eigenvalue weighted by Gasteiger charge is -2.20.